The summed E-state index contributed by atoms with van der Waals surface area (Å²) in [5, 5.41) is 5.39. The van der Waals surface area contributed by atoms with E-state index in [-0.39, 0.29) is 5.91 Å². The van der Waals surface area contributed by atoms with Crippen molar-refractivity contribution in [2.45, 2.75) is 20.3 Å². The second-order valence-corrected chi connectivity index (χ2v) is 8.78. The van der Waals surface area contributed by atoms with Gasteiger partial charge in [-0.15, -0.1) is 0 Å². The number of thioether (sulfide) groups is 1. The highest BCUT2D eigenvalue weighted by molar-refractivity contribution is 8.18. The molecule has 1 fully saturated rings. The first-order valence-corrected chi connectivity index (χ1v) is 11.8. The first-order chi connectivity index (χ1) is 15.7. The third kappa shape index (κ3) is 3.61. The molecule has 1 amide bonds. The number of fused-ring (bicyclic) bond motifs is 2. The van der Waals surface area contributed by atoms with Crippen molar-refractivity contribution >= 4 is 56.1 Å². The van der Waals surface area contributed by atoms with E-state index in [4.69, 9.17) is 4.99 Å². The van der Waals surface area contributed by atoms with Gasteiger partial charge in [-0.25, -0.2) is 4.99 Å². The van der Waals surface area contributed by atoms with Gasteiger partial charge in [-0.2, -0.15) is 0 Å². The molecule has 1 saturated heterocycles. The van der Waals surface area contributed by atoms with Gasteiger partial charge in [0, 0.05) is 6.54 Å². The molecule has 0 aliphatic carbocycles. The average molecular weight is 437 g/mol. The fraction of sp³-hybridized carbons (Fsp3) is 0.143. The molecular formula is C28H24N2OS. The molecule has 0 N–H and O–H groups in total. The van der Waals surface area contributed by atoms with E-state index >= 15 is 0 Å². The SMILES string of the molecule is CCc1ccccc1N=C1S/C(=C/c2c3ccccc3cc3ccccc23)C(=O)N1CC. The van der Waals surface area contributed by atoms with Crippen LogP contribution >= 0.6 is 11.8 Å². The number of likely N-dealkylation sites (N-methyl/N-ethyl adjacent to an activating group) is 1. The number of hydrogen-bond acceptors (Lipinski definition) is 3. The van der Waals surface area contributed by atoms with E-state index in [1.807, 2.05) is 25.1 Å². The molecule has 158 valence electrons. The fourth-order valence-electron chi connectivity index (χ4n) is 4.23. The molecule has 0 atom stereocenters. The Morgan fingerprint density at radius 3 is 2.16 bits per heavy atom. The van der Waals surface area contributed by atoms with Crippen molar-refractivity contribution in [3.63, 3.8) is 0 Å². The lowest BCUT2D eigenvalue weighted by Gasteiger charge is -2.13. The van der Waals surface area contributed by atoms with Crippen LogP contribution in [0, 0.1) is 0 Å². The molecule has 0 radical (unpaired) electrons. The van der Waals surface area contributed by atoms with E-state index in [1.54, 1.807) is 4.90 Å². The lowest BCUT2D eigenvalue weighted by atomic mass is 9.96. The van der Waals surface area contributed by atoms with Crippen LogP contribution in [0.3, 0.4) is 0 Å². The molecule has 0 saturated carbocycles. The number of carbonyl (C=O) groups excluding carboxylic acids is 1. The zero-order valence-corrected chi connectivity index (χ0v) is 19.0. The highest BCUT2D eigenvalue weighted by atomic mass is 32.2. The van der Waals surface area contributed by atoms with Gasteiger partial charge in [0.2, 0.25) is 0 Å². The average Bonchev–Trinajstić information content (AvgIpc) is 3.12. The summed E-state index contributed by atoms with van der Waals surface area (Å²) in [5.74, 6) is 0.0160. The maximum atomic E-state index is 13.3. The van der Waals surface area contributed by atoms with Gasteiger partial charge in [0.05, 0.1) is 10.6 Å². The zero-order chi connectivity index (χ0) is 22.1. The second-order valence-electron chi connectivity index (χ2n) is 7.77. The molecule has 0 bridgehead atoms. The molecule has 4 aromatic rings. The highest BCUT2D eigenvalue weighted by Gasteiger charge is 2.32. The second kappa shape index (κ2) is 8.64. The smallest absolute Gasteiger partial charge is 0.266 e. The summed E-state index contributed by atoms with van der Waals surface area (Å²) in [5.41, 5.74) is 3.20. The quantitative estimate of drug-likeness (QED) is 0.251. The maximum Gasteiger partial charge on any atom is 0.266 e. The Kier molecular flexibility index (Phi) is 5.54. The summed E-state index contributed by atoms with van der Waals surface area (Å²) < 4.78 is 0. The number of nitrogens with zero attached hydrogens (tertiary/aromatic N) is 2. The number of amides is 1. The van der Waals surface area contributed by atoms with Crippen molar-refractivity contribution in [1.82, 2.24) is 4.90 Å². The Morgan fingerprint density at radius 1 is 0.875 bits per heavy atom. The van der Waals surface area contributed by atoms with Gasteiger partial charge in [0.15, 0.2) is 5.17 Å². The van der Waals surface area contributed by atoms with Crippen LogP contribution in [-0.2, 0) is 11.2 Å². The molecule has 1 aliphatic heterocycles. The van der Waals surface area contributed by atoms with Gasteiger partial charge in [-0.05, 0) is 76.0 Å². The third-order valence-corrected chi connectivity index (χ3v) is 6.89. The van der Waals surface area contributed by atoms with Gasteiger partial charge in [0.25, 0.3) is 5.91 Å². The number of aliphatic imine (C=N–C) groups is 1. The molecule has 32 heavy (non-hydrogen) atoms. The van der Waals surface area contributed by atoms with Crippen molar-refractivity contribution in [2.24, 2.45) is 4.99 Å². The molecule has 1 heterocycles. The van der Waals surface area contributed by atoms with E-state index in [0.717, 1.165) is 33.6 Å². The maximum absolute atomic E-state index is 13.3. The Morgan fingerprint density at radius 2 is 1.50 bits per heavy atom. The van der Waals surface area contributed by atoms with Gasteiger partial charge in [-0.3, -0.25) is 9.69 Å². The Bertz CT molecular complexity index is 1350. The molecule has 4 aromatic carbocycles. The Labute approximate surface area is 192 Å². The van der Waals surface area contributed by atoms with Crippen LogP contribution in [0.25, 0.3) is 27.6 Å². The Balaban J connectivity index is 1.66. The van der Waals surface area contributed by atoms with E-state index in [9.17, 15) is 4.79 Å². The summed E-state index contributed by atoms with van der Waals surface area (Å²) in [6.45, 7) is 4.71. The van der Waals surface area contributed by atoms with E-state index in [1.165, 1.54) is 28.1 Å². The molecule has 5 rings (SSSR count). The topological polar surface area (TPSA) is 32.7 Å². The van der Waals surface area contributed by atoms with E-state index in [2.05, 4.69) is 73.7 Å². The molecule has 0 spiro atoms. The highest BCUT2D eigenvalue weighted by Crippen LogP contribution is 2.37. The van der Waals surface area contributed by atoms with Crippen LogP contribution in [0.2, 0.25) is 0 Å². The van der Waals surface area contributed by atoms with Gasteiger partial charge in [0.1, 0.15) is 0 Å². The van der Waals surface area contributed by atoms with Crippen LogP contribution in [0.1, 0.15) is 25.0 Å². The first-order valence-electron chi connectivity index (χ1n) is 11.0. The lowest BCUT2D eigenvalue weighted by molar-refractivity contribution is -0.122. The number of para-hydroxylation sites is 1. The van der Waals surface area contributed by atoms with Gasteiger partial charge < -0.3 is 0 Å². The van der Waals surface area contributed by atoms with Crippen LogP contribution in [0.5, 0.6) is 0 Å². The molecule has 4 heteroatoms. The predicted octanol–water partition coefficient (Wildman–Crippen LogP) is 7.18. The number of amidine groups is 1. The molecule has 0 unspecified atom stereocenters. The summed E-state index contributed by atoms with van der Waals surface area (Å²) in [4.78, 5) is 20.7. The number of carbonyl (C=O) groups is 1. The van der Waals surface area contributed by atoms with Crippen molar-refractivity contribution in [1.29, 1.82) is 0 Å². The van der Waals surface area contributed by atoms with E-state index < -0.39 is 0 Å². The Hall–Kier alpha value is -3.37. The summed E-state index contributed by atoms with van der Waals surface area (Å²) in [6.07, 6.45) is 2.96. The van der Waals surface area contributed by atoms with Crippen molar-refractivity contribution in [3.05, 3.63) is 94.9 Å². The summed E-state index contributed by atoms with van der Waals surface area (Å²) in [6, 6.07) is 27.1. The molecule has 3 nitrogen and oxygen atoms in total. The van der Waals surface area contributed by atoms with Crippen molar-refractivity contribution in [2.75, 3.05) is 6.54 Å². The monoisotopic (exact) mass is 436 g/mol. The van der Waals surface area contributed by atoms with Gasteiger partial charge >= 0.3 is 0 Å². The summed E-state index contributed by atoms with van der Waals surface area (Å²) in [7, 11) is 0. The van der Waals surface area contributed by atoms with Gasteiger partial charge in [-0.1, -0.05) is 73.7 Å². The molecule has 1 aliphatic rings. The van der Waals surface area contributed by atoms with Crippen molar-refractivity contribution < 1.29 is 4.79 Å². The number of hydrogen-bond donors (Lipinski definition) is 0. The largest absolute Gasteiger partial charge is 0.287 e. The minimum Gasteiger partial charge on any atom is -0.287 e. The minimum atomic E-state index is 0.0160. The minimum absolute atomic E-state index is 0.0160. The normalized spacial score (nSPS) is 16.7. The van der Waals surface area contributed by atoms with Crippen LogP contribution < -0.4 is 0 Å². The number of benzene rings is 4. The molecular weight excluding hydrogens is 412 g/mol. The lowest BCUT2D eigenvalue weighted by Crippen LogP contribution is -2.28. The predicted molar refractivity (Wildman–Crippen MR) is 137 cm³/mol. The third-order valence-electron chi connectivity index (χ3n) is 5.88. The number of aryl methyl sites for hydroxylation is 1. The first kappa shape index (κ1) is 20.5. The zero-order valence-electron chi connectivity index (χ0n) is 18.2. The van der Waals surface area contributed by atoms with Crippen molar-refractivity contribution in [3.8, 4) is 0 Å². The van der Waals surface area contributed by atoms with Crippen LogP contribution in [0.15, 0.2) is 88.8 Å². The van der Waals surface area contributed by atoms with Crippen LogP contribution in [0.4, 0.5) is 5.69 Å². The molecule has 0 aromatic heterocycles. The fourth-order valence-corrected chi connectivity index (χ4v) is 5.26. The van der Waals surface area contributed by atoms with E-state index in [0.29, 0.717) is 11.4 Å². The number of rotatable bonds is 4. The summed E-state index contributed by atoms with van der Waals surface area (Å²) >= 11 is 1.46. The van der Waals surface area contributed by atoms with Crippen LogP contribution in [-0.4, -0.2) is 22.5 Å². The standard InChI is InChI=1S/C28H24N2OS/c1-3-19-11-7-10-16-25(19)29-28-30(4-2)27(31)26(32-28)18-24-22-14-8-5-12-20(22)17-21-13-6-9-15-23(21)24/h5-18H,3-4H2,1-2H3/b26-18+,29-28?.